The number of thiocarbonyl (C=S) groups is 1. The summed E-state index contributed by atoms with van der Waals surface area (Å²) in [5, 5.41) is 0.684. The van der Waals surface area contributed by atoms with Gasteiger partial charge in [0.25, 0.3) is 0 Å². The van der Waals surface area contributed by atoms with Crippen LogP contribution >= 0.6 is 12.2 Å². The van der Waals surface area contributed by atoms with Gasteiger partial charge in [0, 0.05) is 24.5 Å². The Labute approximate surface area is 94.0 Å². The van der Waals surface area contributed by atoms with Crippen LogP contribution in [0.3, 0.4) is 0 Å². The second-order valence-corrected chi connectivity index (χ2v) is 3.59. The Kier molecular flexibility index (Phi) is 2.94. The molecule has 0 radical (unpaired) electrons. The van der Waals surface area contributed by atoms with Crippen LogP contribution in [-0.4, -0.2) is 21.5 Å². The number of aromatic nitrogens is 1. The molecule has 1 aliphatic rings. The summed E-state index contributed by atoms with van der Waals surface area (Å²) in [5.74, 6) is 0. The molecule has 1 unspecified atom stereocenters. The number of nitrogens with zero attached hydrogens (tertiary/aromatic N) is 2. The molecule has 0 amide bonds. The number of hydrogen-bond donors (Lipinski definition) is 2. The van der Waals surface area contributed by atoms with E-state index in [1.165, 1.54) is 0 Å². The highest BCUT2D eigenvalue weighted by Gasteiger charge is 2.27. The quantitative estimate of drug-likeness (QED) is 0.586. The lowest BCUT2D eigenvalue weighted by Crippen LogP contribution is -2.29. The van der Waals surface area contributed by atoms with Crippen LogP contribution in [0.25, 0.3) is 0 Å². The van der Waals surface area contributed by atoms with Gasteiger partial charge in [-0.15, -0.1) is 6.58 Å². The van der Waals surface area contributed by atoms with Gasteiger partial charge in [-0.2, -0.15) is 0 Å². The number of rotatable bonds is 3. The number of pyridine rings is 1. The molecule has 1 aromatic rings. The van der Waals surface area contributed by atoms with E-state index in [-0.39, 0.29) is 6.17 Å². The normalized spacial score (nSPS) is 20.1. The van der Waals surface area contributed by atoms with Gasteiger partial charge in [0.05, 0.1) is 0 Å². The van der Waals surface area contributed by atoms with Crippen LogP contribution in [0.1, 0.15) is 11.7 Å². The van der Waals surface area contributed by atoms with Gasteiger partial charge in [-0.3, -0.25) is 10.4 Å². The van der Waals surface area contributed by atoms with Gasteiger partial charge in [-0.25, -0.2) is 5.43 Å². The van der Waals surface area contributed by atoms with E-state index >= 15 is 0 Å². The average molecular weight is 220 g/mol. The Hall–Kier alpha value is -1.46. The molecule has 0 aliphatic carbocycles. The van der Waals surface area contributed by atoms with Crippen molar-refractivity contribution in [2.45, 2.75) is 6.17 Å². The fraction of sp³-hybridized carbons (Fsp3) is 0.200. The first-order valence-corrected chi connectivity index (χ1v) is 5.06. The Bertz CT molecular complexity index is 365. The van der Waals surface area contributed by atoms with Gasteiger partial charge < -0.3 is 4.90 Å². The maximum Gasteiger partial charge on any atom is 0.185 e. The van der Waals surface area contributed by atoms with Crippen molar-refractivity contribution in [2.75, 3.05) is 6.54 Å². The van der Waals surface area contributed by atoms with Crippen LogP contribution in [0, 0.1) is 0 Å². The van der Waals surface area contributed by atoms with E-state index in [1.807, 2.05) is 29.3 Å². The number of hydrogen-bond acceptors (Lipinski definition) is 3. The van der Waals surface area contributed by atoms with Crippen molar-refractivity contribution in [1.29, 1.82) is 0 Å². The minimum absolute atomic E-state index is 0.0317. The maximum atomic E-state index is 5.17. The lowest BCUT2D eigenvalue weighted by atomic mass is 10.2. The van der Waals surface area contributed by atoms with Gasteiger partial charge >= 0.3 is 0 Å². The first-order chi connectivity index (χ1) is 7.33. The fourth-order valence-electron chi connectivity index (χ4n) is 1.53. The molecule has 0 bridgehead atoms. The van der Waals surface area contributed by atoms with Gasteiger partial charge in [0.15, 0.2) is 5.11 Å². The van der Waals surface area contributed by atoms with Gasteiger partial charge in [-0.1, -0.05) is 12.1 Å². The molecule has 15 heavy (non-hydrogen) atoms. The van der Waals surface area contributed by atoms with Crippen molar-refractivity contribution < 1.29 is 0 Å². The Morgan fingerprint density at radius 2 is 2.53 bits per heavy atom. The average Bonchev–Trinajstić information content (AvgIpc) is 2.63. The van der Waals surface area contributed by atoms with Crippen LogP contribution in [0.4, 0.5) is 0 Å². The van der Waals surface area contributed by atoms with E-state index in [9.17, 15) is 0 Å². The number of hydrazine groups is 1. The molecule has 0 spiro atoms. The fourth-order valence-corrected chi connectivity index (χ4v) is 1.76. The third-order valence-electron chi connectivity index (χ3n) is 2.21. The molecule has 5 heteroatoms. The highest BCUT2D eigenvalue weighted by Crippen LogP contribution is 2.19. The summed E-state index contributed by atoms with van der Waals surface area (Å²) in [6, 6.07) is 3.92. The second-order valence-electron chi connectivity index (χ2n) is 3.20. The smallest absolute Gasteiger partial charge is 0.185 e. The van der Waals surface area contributed by atoms with Crippen LogP contribution < -0.4 is 10.9 Å². The number of nitrogens with one attached hydrogen (secondary N) is 2. The van der Waals surface area contributed by atoms with Crippen molar-refractivity contribution in [3.63, 3.8) is 0 Å². The second kappa shape index (κ2) is 4.37. The molecule has 0 aromatic carbocycles. The SMILES string of the molecule is C=CCN1C(=S)NNC1c1cccnc1. The summed E-state index contributed by atoms with van der Waals surface area (Å²) >= 11 is 5.17. The molecule has 78 valence electrons. The van der Waals surface area contributed by atoms with Gasteiger partial charge in [-0.05, 0) is 18.3 Å². The summed E-state index contributed by atoms with van der Waals surface area (Å²) < 4.78 is 0. The lowest BCUT2D eigenvalue weighted by Gasteiger charge is -2.22. The summed E-state index contributed by atoms with van der Waals surface area (Å²) in [6.45, 7) is 4.42. The molecule has 1 fully saturated rings. The van der Waals surface area contributed by atoms with Crippen LogP contribution in [0.5, 0.6) is 0 Å². The van der Waals surface area contributed by atoms with E-state index in [0.717, 1.165) is 5.56 Å². The first kappa shape index (κ1) is 10.1. The molecule has 4 nitrogen and oxygen atoms in total. The van der Waals surface area contributed by atoms with Crippen LogP contribution in [-0.2, 0) is 0 Å². The monoisotopic (exact) mass is 220 g/mol. The Balaban J connectivity index is 2.22. The van der Waals surface area contributed by atoms with Gasteiger partial charge in [0.2, 0.25) is 0 Å². The standard InChI is InChI=1S/C10H12N4S/c1-2-6-14-9(12-13-10(14)15)8-4-3-5-11-7-8/h2-5,7,9,12H,1,6H2,(H,13,15). The zero-order valence-corrected chi connectivity index (χ0v) is 9.00. The summed E-state index contributed by atoms with van der Waals surface area (Å²) in [4.78, 5) is 6.10. The predicted octanol–water partition coefficient (Wildman–Crippen LogP) is 0.961. The lowest BCUT2D eigenvalue weighted by molar-refractivity contribution is 0.341. The van der Waals surface area contributed by atoms with Crippen molar-refractivity contribution in [3.8, 4) is 0 Å². The predicted molar refractivity (Wildman–Crippen MR) is 62.8 cm³/mol. The minimum Gasteiger partial charge on any atom is -0.323 e. The molecule has 0 saturated carbocycles. The Morgan fingerprint density at radius 1 is 1.67 bits per heavy atom. The largest absolute Gasteiger partial charge is 0.323 e. The molecular weight excluding hydrogens is 208 g/mol. The molecular formula is C10H12N4S. The van der Waals surface area contributed by atoms with Crippen LogP contribution in [0.15, 0.2) is 37.2 Å². The third-order valence-corrected chi connectivity index (χ3v) is 2.55. The topological polar surface area (TPSA) is 40.2 Å². The minimum atomic E-state index is 0.0317. The summed E-state index contributed by atoms with van der Waals surface area (Å²) in [7, 11) is 0. The molecule has 1 atom stereocenters. The molecule has 1 aliphatic heterocycles. The summed E-state index contributed by atoms with van der Waals surface area (Å²) in [6.07, 6.45) is 5.43. The van der Waals surface area contributed by atoms with E-state index in [4.69, 9.17) is 12.2 Å². The van der Waals surface area contributed by atoms with Crippen molar-refractivity contribution >= 4 is 17.3 Å². The summed E-state index contributed by atoms with van der Waals surface area (Å²) in [5.41, 5.74) is 7.11. The zero-order chi connectivity index (χ0) is 10.7. The van der Waals surface area contributed by atoms with E-state index < -0.39 is 0 Å². The van der Waals surface area contributed by atoms with E-state index in [2.05, 4.69) is 22.4 Å². The molecule has 1 aromatic heterocycles. The third kappa shape index (κ3) is 1.98. The Morgan fingerprint density at radius 3 is 3.20 bits per heavy atom. The molecule has 2 N–H and O–H groups in total. The highest BCUT2D eigenvalue weighted by molar-refractivity contribution is 7.80. The molecule has 2 heterocycles. The van der Waals surface area contributed by atoms with Crippen molar-refractivity contribution in [1.82, 2.24) is 20.7 Å². The van der Waals surface area contributed by atoms with Crippen molar-refractivity contribution in [2.24, 2.45) is 0 Å². The maximum absolute atomic E-state index is 5.17. The molecule has 1 saturated heterocycles. The van der Waals surface area contributed by atoms with Gasteiger partial charge in [0.1, 0.15) is 6.17 Å². The zero-order valence-electron chi connectivity index (χ0n) is 8.18. The van der Waals surface area contributed by atoms with Crippen LogP contribution in [0.2, 0.25) is 0 Å². The first-order valence-electron chi connectivity index (χ1n) is 4.66. The van der Waals surface area contributed by atoms with Crippen molar-refractivity contribution in [3.05, 3.63) is 42.7 Å². The van der Waals surface area contributed by atoms with E-state index in [0.29, 0.717) is 11.7 Å². The highest BCUT2D eigenvalue weighted by atomic mass is 32.1. The molecule has 2 rings (SSSR count). The van der Waals surface area contributed by atoms with E-state index in [1.54, 1.807) is 6.20 Å².